The van der Waals surface area contributed by atoms with Gasteiger partial charge in [-0.05, 0) is 48.2 Å². The fourth-order valence-electron chi connectivity index (χ4n) is 4.96. The predicted molar refractivity (Wildman–Crippen MR) is 156 cm³/mol. The van der Waals surface area contributed by atoms with Crippen LogP contribution in [-0.4, -0.2) is 16.0 Å². The highest BCUT2D eigenvalue weighted by Crippen LogP contribution is 2.36. The Kier molecular flexibility index (Phi) is 6.92. The molecule has 10 heteroatoms. The SMILES string of the molecule is [2H]C(Nc1cc(C#N)c2ncc(C#N)c(N[C@H](CC#N)c3ccccc3)c2c1)(C1=CN(C2CC2)NN1)c1ccc(F)cc1. The van der Waals surface area contributed by atoms with Crippen molar-refractivity contribution in [3.63, 3.8) is 0 Å². The topological polar surface area (TPSA) is 136 Å². The van der Waals surface area contributed by atoms with Crippen molar-refractivity contribution in [3.8, 4) is 18.2 Å². The van der Waals surface area contributed by atoms with Crippen LogP contribution in [0.1, 0.15) is 54.9 Å². The molecule has 2 aliphatic rings. The van der Waals surface area contributed by atoms with E-state index in [1.165, 1.54) is 18.3 Å². The Morgan fingerprint density at radius 1 is 1.00 bits per heavy atom. The van der Waals surface area contributed by atoms with Crippen molar-refractivity contribution >= 4 is 22.3 Å². The zero-order chi connectivity index (χ0) is 30.0. The monoisotopic (exact) mass is 556 g/mol. The molecule has 0 radical (unpaired) electrons. The maximum Gasteiger partial charge on any atom is 0.123 e. The van der Waals surface area contributed by atoms with Crippen molar-refractivity contribution in [2.75, 3.05) is 10.6 Å². The van der Waals surface area contributed by atoms with Crippen LogP contribution in [0.25, 0.3) is 10.9 Å². The molecule has 1 unspecified atom stereocenters. The Morgan fingerprint density at radius 2 is 1.76 bits per heavy atom. The Bertz CT molecular complexity index is 1840. The van der Waals surface area contributed by atoms with E-state index in [1.807, 2.05) is 41.5 Å². The van der Waals surface area contributed by atoms with Crippen LogP contribution in [0.2, 0.25) is 0 Å². The maximum absolute atomic E-state index is 13.9. The largest absolute Gasteiger partial charge is 0.376 e. The van der Waals surface area contributed by atoms with Gasteiger partial charge >= 0.3 is 0 Å². The van der Waals surface area contributed by atoms with E-state index >= 15 is 0 Å². The highest BCUT2D eigenvalue weighted by molar-refractivity contribution is 5.99. The van der Waals surface area contributed by atoms with Gasteiger partial charge in [0, 0.05) is 29.5 Å². The van der Waals surface area contributed by atoms with Gasteiger partial charge in [-0.25, -0.2) is 4.39 Å². The molecule has 4 N–H and O–H groups in total. The summed E-state index contributed by atoms with van der Waals surface area (Å²) in [6.45, 7) is 0. The Balaban J connectivity index is 1.47. The summed E-state index contributed by atoms with van der Waals surface area (Å²) in [7, 11) is 0. The minimum absolute atomic E-state index is 0.131. The third-order valence-electron chi connectivity index (χ3n) is 7.23. The van der Waals surface area contributed by atoms with Crippen molar-refractivity contribution in [1.29, 1.82) is 15.8 Å². The molecule has 42 heavy (non-hydrogen) atoms. The molecule has 0 spiro atoms. The molecule has 4 aromatic rings. The summed E-state index contributed by atoms with van der Waals surface area (Å²) in [6, 6.07) is 23.3. The van der Waals surface area contributed by atoms with Crippen LogP contribution in [0.4, 0.5) is 15.8 Å². The van der Waals surface area contributed by atoms with Crippen LogP contribution in [0.3, 0.4) is 0 Å². The van der Waals surface area contributed by atoms with Crippen molar-refractivity contribution < 1.29 is 5.76 Å². The van der Waals surface area contributed by atoms with Crippen molar-refractivity contribution in [2.24, 2.45) is 0 Å². The standard InChI is InChI=1S/C32H26FN9/c33-24-8-6-21(7-9-24)32(29-19-42(41-40-29)26-10-11-26)38-25-14-22(16-35)30-27(15-25)31(23(17-36)18-37-30)39-28(12-13-34)20-4-2-1-3-5-20/h1-9,14-15,18-19,26,28,32,38,40-41H,10-12H2,(H,37,39)/t28-,32?/m1/s1/i32D. The smallest absolute Gasteiger partial charge is 0.123 e. The number of hydrazine groups is 2. The minimum atomic E-state index is -1.62. The second kappa shape index (κ2) is 11.5. The van der Waals surface area contributed by atoms with Crippen molar-refractivity contribution in [1.82, 2.24) is 21.0 Å². The number of benzene rings is 3. The van der Waals surface area contributed by atoms with E-state index in [-0.39, 0.29) is 17.5 Å². The number of hydrogen-bond acceptors (Lipinski definition) is 9. The first-order valence-corrected chi connectivity index (χ1v) is 13.5. The summed E-state index contributed by atoms with van der Waals surface area (Å²) in [6.07, 6.45) is 5.42. The summed E-state index contributed by atoms with van der Waals surface area (Å²) >= 11 is 0. The van der Waals surface area contributed by atoms with Gasteiger partial charge in [0.25, 0.3) is 0 Å². The van der Waals surface area contributed by atoms with E-state index in [1.54, 1.807) is 24.3 Å². The maximum atomic E-state index is 13.9. The van der Waals surface area contributed by atoms with Crippen LogP contribution in [0.15, 0.2) is 84.8 Å². The molecular weight excluding hydrogens is 529 g/mol. The second-order valence-electron chi connectivity index (χ2n) is 10.1. The second-order valence-corrected chi connectivity index (χ2v) is 10.1. The predicted octanol–water partition coefficient (Wildman–Crippen LogP) is 5.67. The molecule has 1 aliphatic carbocycles. The van der Waals surface area contributed by atoms with Crippen LogP contribution < -0.4 is 21.6 Å². The van der Waals surface area contributed by atoms with Gasteiger partial charge in [0.05, 0.1) is 53.9 Å². The van der Waals surface area contributed by atoms with Gasteiger partial charge in [-0.15, -0.1) is 5.53 Å². The summed E-state index contributed by atoms with van der Waals surface area (Å²) in [4.78, 5) is 4.42. The van der Waals surface area contributed by atoms with E-state index in [2.05, 4.69) is 44.8 Å². The Hall–Kier alpha value is -5.63. The number of nitrogens with one attached hydrogen (secondary N) is 4. The molecule has 1 aliphatic heterocycles. The molecule has 2 heterocycles. The average molecular weight is 557 g/mol. The van der Waals surface area contributed by atoms with E-state index < -0.39 is 17.9 Å². The molecule has 3 aromatic carbocycles. The number of nitrogens with zero attached hydrogens (tertiary/aromatic N) is 5. The van der Waals surface area contributed by atoms with Crippen molar-refractivity contribution in [3.05, 3.63) is 113 Å². The molecule has 2 atom stereocenters. The molecule has 1 saturated carbocycles. The third-order valence-corrected chi connectivity index (χ3v) is 7.23. The normalized spacial score (nSPS) is 16.6. The number of anilines is 2. The highest BCUT2D eigenvalue weighted by atomic mass is 19.1. The summed E-state index contributed by atoms with van der Waals surface area (Å²) in [5.41, 5.74) is 9.66. The molecule has 206 valence electrons. The van der Waals surface area contributed by atoms with E-state index in [4.69, 9.17) is 0 Å². The number of rotatable bonds is 9. The van der Waals surface area contributed by atoms with E-state index in [9.17, 15) is 21.5 Å². The lowest BCUT2D eigenvalue weighted by molar-refractivity contribution is 0.260. The van der Waals surface area contributed by atoms with Gasteiger partial charge in [0.2, 0.25) is 0 Å². The van der Waals surface area contributed by atoms with Crippen LogP contribution in [0, 0.1) is 39.8 Å². The Labute approximate surface area is 243 Å². The highest BCUT2D eigenvalue weighted by Gasteiger charge is 2.32. The van der Waals surface area contributed by atoms with Gasteiger partial charge < -0.3 is 16.1 Å². The molecule has 1 aromatic heterocycles. The molecule has 1 fully saturated rings. The van der Waals surface area contributed by atoms with Crippen LogP contribution >= 0.6 is 0 Å². The molecule has 6 rings (SSSR count). The number of aromatic nitrogens is 1. The van der Waals surface area contributed by atoms with Gasteiger partial charge in [0.15, 0.2) is 0 Å². The van der Waals surface area contributed by atoms with Gasteiger partial charge in [-0.1, -0.05) is 42.5 Å². The average Bonchev–Trinajstić information content (AvgIpc) is 3.76. The first kappa shape index (κ1) is 25.3. The number of nitriles is 3. The number of pyridine rings is 1. The van der Waals surface area contributed by atoms with Gasteiger partial charge in [-0.2, -0.15) is 15.8 Å². The lowest BCUT2D eigenvalue weighted by Crippen LogP contribution is -2.38. The van der Waals surface area contributed by atoms with Gasteiger partial charge in [-0.3, -0.25) is 9.99 Å². The summed E-state index contributed by atoms with van der Waals surface area (Å²) < 4.78 is 23.5. The minimum Gasteiger partial charge on any atom is -0.376 e. The lowest BCUT2D eigenvalue weighted by atomic mass is 10.00. The van der Waals surface area contributed by atoms with Crippen molar-refractivity contribution in [2.45, 2.75) is 37.4 Å². The Morgan fingerprint density at radius 3 is 2.45 bits per heavy atom. The first-order valence-electron chi connectivity index (χ1n) is 14.0. The zero-order valence-electron chi connectivity index (χ0n) is 23.4. The van der Waals surface area contributed by atoms with E-state index in [0.717, 1.165) is 18.4 Å². The molecule has 0 bridgehead atoms. The fraction of sp³-hybridized carbons (Fsp3) is 0.188. The summed E-state index contributed by atoms with van der Waals surface area (Å²) in [5, 5.41) is 38.7. The van der Waals surface area contributed by atoms with Gasteiger partial charge in [0.1, 0.15) is 18.0 Å². The molecular formula is C32H26FN9. The number of fused-ring (bicyclic) bond motifs is 1. The first-order chi connectivity index (χ1) is 20.9. The third kappa shape index (κ3) is 5.38. The van der Waals surface area contributed by atoms with Crippen LogP contribution in [0.5, 0.6) is 0 Å². The molecule has 9 nitrogen and oxygen atoms in total. The number of hydrogen-bond donors (Lipinski definition) is 4. The number of halogens is 1. The molecule has 0 saturated heterocycles. The fourth-order valence-corrected chi connectivity index (χ4v) is 4.96. The summed E-state index contributed by atoms with van der Waals surface area (Å²) in [5.74, 6) is -0.425. The van der Waals surface area contributed by atoms with E-state index in [0.29, 0.717) is 39.6 Å². The quantitative estimate of drug-likeness (QED) is 0.206. The molecule has 0 amide bonds. The lowest BCUT2D eigenvalue weighted by Gasteiger charge is -2.23. The van der Waals surface area contributed by atoms with Crippen LogP contribution in [-0.2, 0) is 0 Å². The zero-order valence-corrected chi connectivity index (χ0v) is 22.4.